The van der Waals surface area contributed by atoms with Gasteiger partial charge >= 0.3 is 0 Å². The molecule has 0 saturated carbocycles. The molecule has 9 nitrogen and oxygen atoms in total. The number of allylic oxidation sites excluding steroid dienone is 3. The number of fused-ring (bicyclic) bond motifs is 2. The van der Waals surface area contributed by atoms with Crippen LogP contribution in [-0.2, 0) is 20.0 Å². The van der Waals surface area contributed by atoms with Gasteiger partial charge < -0.3 is 5.73 Å². The van der Waals surface area contributed by atoms with Crippen molar-refractivity contribution in [1.82, 2.24) is 18.1 Å². The van der Waals surface area contributed by atoms with Crippen molar-refractivity contribution < 1.29 is 16.8 Å². The van der Waals surface area contributed by atoms with Crippen LogP contribution in [0.3, 0.4) is 0 Å². The summed E-state index contributed by atoms with van der Waals surface area (Å²) in [5.41, 5.74) is 8.98. The zero-order chi connectivity index (χ0) is 27.2. The number of hydrogen-bond acceptors (Lipinski definition) is 7. The number of aromatic nitrogens is 4. The summed E-state index contributed by atoms with van der Waals surface area (Å²) < 4.78 is 55.9. The maximum Gasteiger partial charge on any atom is 0.283 e. The number of nitrogen functional groups attached to an aromatic ring is 1. The van der Waals surface area contributed by atoms with Crippen LogP contribution >= 0.6 is 0 Å². The van der Waals surface area contributed by atoms with Gasteiger partial charge in [0.2, 0.25) is 0 Å². The van der Waals surface area contributed by atoms with E-state index in [1.54, 1.807) is 69.3 Å². The van der Waals surface area contributed by atoms with E-state index in [2.05, 4.69) is 10.1 Å². The van der Waals surface area contributed by atoms with Crippen molar-refractivity contribution >= 4 is 47.7 Å². The topological polar surface area (TPSA) is 130 Å². The number of benzene rings is 2. The van der Waals surface area contributed by atoms with E-state index in [0.29, 0.717) is 38.8 Å². The van der Waals surface area contributed by atoms with Gasteiger partial charge in [-0.3, -0.25) is 0 Å². The van der Waals surface area contributed by atoms with Gasteiger partial charge in [0.05, 0.1) is 21.5 Å². The maximum atomic E-state index is 13.5. The molecule has 38 heavy (non-hydrogen) atoms. The Morgan fingerprint density at radius 1 is 0.974 bits per heavy atom. The van der Waals surface area contributed by atoms with Crippen LogP contribution in [0.4, 0.5) is 5.69 Å². The highest BCUT2D eigenvalue weighted by atomic mass is 32.2. The van der Waals surface area contributed by atoms with Crippen LogP contribution in [0.25, 0.3) is 33.1 Å². The molecule has 0 aliphatic carbocycles. The quantitative estimate of drug-likeness (QED) is 0.238. The Kier molecular flexibility index (Phi) is 6.20. The lowest BCUT2D eigenvalue weighted by Gasteiger charge is -2.11. The summed E-state index contributed by atoms with van der Waals surface area (Å²) in [4.78, 5) is 4.63. The number of hydrogen-bond donors (Lipinski definition) is 1. The fraction of sp³-hybridized carbons (Fsp3) is 0.111. The van der Waals surface area contributed by atoms with E-state index in [-0.39, 0.29) is 15.4 Å². The van der Waals surface area contributed by atoms with Crippen LogP contribution in [0.2, 0.25) is 0 Å². The van der Waals surface area contributed by atoms with E-state index in [1.807, 2.05) is 0 Å². The highest BCUT2D eigenvalue weighted by molar-refractivity contribution is 7.94. The largest absolute Gasteiger partial charge is 0.398 e. The van der Waals surface area contributed by atoms with Crippen LogP contribution in [0.15, 0.2) is 95.0 Å². The molecule has 2 aromatic carbocycles. The van der Waals surface area contributed by atoms with Gasteiger partial charge in [-0.2, -0.15) is 17.6 Å². The molecular formula is C27H25N5O4S2. The summed E-state index contributed by atoms with van der Waals surface area (Å²) in [5.74, 6) is 0. The lowest BCUT2D eigenvalue weighted by atomic mass is 10.0. The van der Waals surface area contributed by atoms with Crippen molar-refractivity contribution in [2.45, 2.75) is 25.7 Å². The molecule has 5 rings (SSSR count). The first-order valence-electron chi connectivity index (χ1n) is 11.7. The van der Waals surface area contributed by atoms with Crippen LogP contribution in [0.1, 0.15) is 19.5 Å². The number of pyridine rings is 1. The Morgan fingerprint density at radius 2 is 1.71 bits per heavy atom. The first-order valence-corrected chi connectivity index (χ1v) is 14.6. The third-order valence-corrected chi connectivity index (χ3v) is 9.78. The van der Waals surface area contributed by atoms with Gasteiger partial charge in [0.15, 0.2) is 5.65 Å². The molecule has 3 aromatic heterocycles. The molecule has 11 heteroatoms. The number of anilines is 1. The molecule has 0 unspecified atom stereocenters. The molecule has 0 bridgehead atoms. The maximum absolute atomic E-state index is 13.5. The number of rotatable bonds is 6. The minimum Gasteiger partial charge on any atom is -0.398 e. The standard InChI is InChI=1S/C27H25N5O4S2/c1-4-9-20(5-2)37(33,34)31-18(3)14-23-22(12-13-29-27(23)31)19-15-25(28)24-17-30-32(26(24)16-19)38(35,36)21-10-7-6-8-11-21/h4-17H,28H2,1-3H3. The molecule has 5 aromatic rings. The Balaban J connectivity index is 1.75. The Bertz CT molecular complexity index is 1990. The summed E-state index contributed by atoms with van der Waals surface area (Å²) in [6.07, 6.45) is 7.68. The lowest BCUT2D eigenvalue weighted by molar-refractivity contribution is 0.582. The minimum absolute atomic E-state index is 0.0964. The van der Waals surface area contributed by atoms with Crippen molar-refractivity contribution in [2.75, 3.05) is 5.73 Å². The van der Waals surface area contributed by atoms with Crippen LogP contribution < -0.4 is 5.73 Å². The fourth-order valence-corrected chi connectivity index (χ4v) is 7.43. The van der Waals surface area contributed by atoms with Crippen molar-refractivity contribution in [3.8, 4) is 11.1 Å². The highest BCUT2D eigenvalue weighted by Crippen LogP contribution is 2.36. The highest BCUT2D eigenvalue weighted by Gasteiger charge is 2.25. The van der Waals surface area contributed by atoms with Gasteiger partial charge in [0.25, 0.3) is 20.0 Å². The predicted octanol–water partition coefficient (Wildman–Crippen LogP) is 4.84. The molecule has 194 valence electrons. The van der Waals surface area contributed by atoms with Crippen LogP contribution in [-0.4, -0.2) is 35.0 Å². The van der Waals surface area contributed by atoms with Gasteiger partial charge in [0.1, 0.15) is 0 Å². The van der Waals surface area contributed by atoms with Crippen LogP contribution in [0.5, 0.6) is 0 Å². The third-order valence-electron chi connectivity index (χ3n) is 6.26. The average Bonchev–Trinajstić information content (AvgIpc) is 3.49. The number of nitrogens with two attached hydrogens (primary N) is 1. The van der Waals surface area contributed by atoms with E-state index in [4.69, 9.17) is 5.73 Å². The number of nitrogens with zero attached hydrogens (tertiary/aromatic N) is 4. The SMILES string of the molecule is CC=CC(=CC)S(=O)(=O)n1c(C)cc2c(-c3cc(N)c4cnn(S(=O)(=O)c5ccccc5)c4c3)ccnc21. The summed E-state index contributed by atoms with van der Waals surface area (Å²) in [6.45, 7) is 5.11. The third kappa shape index (κ3) is 3.91. The number of aryl methyl sites for hydroxylation is 1. The van der Waals surface area contributed by atoms with Gasteiger partial charge in [-0.1, -0.05) is 30.4 Å². The molecule has 0 aliphatic rings. The molecule has 0 radical (unpaired) electrons. The zero-order valence-electron chi connectivity index (χ0n) is 20.9. The van der Waals surface area contributed by atoms with E-state index in [9.17, 15) is 16.8 Å². The van der Waals surface area contributed by atoms with Gasteiger partial charge in [0, 0.05) is 28.4 Å². The molecular weight excluding hydrogens is 522 g/mol. The van der Waals surface area contributed by atoms with Crippen molar-refractivity contribution in [3.63, 3.8) is 0 Å². The summed E-state index contributed by atoms with van der Waals surface area (Å²) in [5, 5.41) is 5.21. The second kappa shape index (κ2) is 9.26. The smallest absolute Gasteiger partial charge is 0.283 e. The van der Waals surface area contributed by atoms with Crippen LogP contribution in [0, 0.1) is 6.92 Å². The van der Waals surface area contributed by atoms with E-state index in [1.165, 1.54) is 40.7 Å². The minimum atomic E-state index is -3.98. The Labute approximate surface area is 220 Å². The Hall–Kier alpha value is -4.22. The predicted molar refractivity (Wildman–Crippen MR) is 150 cm³/mol. The summed E-state index contributed by atoms with van der Waals surface area (Å²) in [7, 11) is -7.89. The van der Waals surface area contributed by atoms with Crippen molar-refractivity contribution in [2.24, 2.45) is 0 Å². The fourth-order valence-electron chi connectivity index (χ4n) is 4.53. The van der Waals surface area contributed by atoms with Gasteiger partial charge in [-0.05, 0) is 74.4 Å². The first-order chi connectivity index (χ1) is 18.1. The molecule has 3 heterocycles. The molecule has 2 N–H and O–H groups in total. The van der Waals surface area contributed by atoms with Crippen molar-refractivity contribution in [1.29, 1.82) is 0 Å². The summed E-state index contributed by atoms with van der Waals surface area (Å²) in [6, 6.07) is 14.9. The molecule has 0 amide bonds. The summed E-state index contributed by atoms with van der Waals surface area (Å²) >= 11 is 0. The van der Waals surface area contributed by atoms with E-state index >= 15 is 0 Å². The molecule has 0 saturated heterocycles. The lowest BCUT2D eigenvalue weighted by Crippen LogP contribution is -2.15. The van der Waals surface area contributed by atoms with E-state index < -0.39 is 20.0 Å². The van der Waals surface area contributed by atoms with E-state index in [0.717, 1.165) is 4.09 Å². The molecule has 0 fully saturated rings. The average molecular weight is 548 g/mol. The second-order valence-electron chi connectivity index (χ2n) is 8.65. The first kappa shape index (κ1) is 25.4. The molecule has 0 aliphatic heterocycles. The van der Waals surface area contributed by atoms with Crippen molar-refractivity contribution in [3.05, 3.63) is 95.8 Å². The monoisotopic (exact) mass is 547 g/mol. The van der Waals surface area contributed by atoms with Gasteiger partial charge in [-0.15, -0.1) is 0 Å². The molecule has 0 atom stereocenters. The Morgan fingerprint density at radius 3 is 2.39 bits per heavy atom. The molecule has 0 spiro atoms. The zero-order valence-corrected chi connectivity index (χ0v) is 22.5. The normalized spacial score (nSPS) is 13.2. The van der Waals surface area contributed by atoms with Gasteiger partial charge in [-0.25, -0.2) is 17.4 Å². The second-order valence-corrected chi connectivity index (χ2v) is 12.2.